The zero-order valence-electron chi connectivity index (χ0n) is 23.8. The second-order valence-corrected chi connectivity index (χ2v) is 11.4. The molecule has 0 spiro atoms. The van der Waals surface area contributed by atoms with E-state index < -0.39 is 22.7 Å². The first-order valence-electron chi connectivity index (χ1n) is 13.3. The molecule has 0 aliphatic carbocycles. The third kappa shape index (κ3) is 9.83. The van der Waals surface area contributed by atoms with Crippen molar-refractivity contribution in [1.29, 1.82) is 0 Å². The molecule has 0 saturated carbocycles. The summed E-state index contributed by atoms with van der Waals surface area (Å²) in [7, 11) is -0.826. The van der Waals surface area contributed by atoms with E-state index in [0.29, 0.717) is 41.0 Å². The van der Waals surface area contributed by atoms with Crippen molar-refractivity contribution >= 4 is 56.7 Å². The Balaban J connectivity index is 0.000000700. The van der Waals surface area contributed by atoms with Crippen LogP contribution < -0.4 is 15.4 Å². The molecular formula is C31H28ClFN4O7S. The van der Waals surface area contributed by atoms with Crippen molar-refractivity contribution < 1.29 is 37.6 Å². The van der Waals surface area contributed by atoms with Crippen LogP contribution in [0.5, 0.6) is 5.75 Å². The fourth-order valence-electron chi connectivity index (χ4n) is 3.99. The Labute approximate surface area is 264 Å². The van der Waals surface area contributed by atoms with E-state index in [0.717, 1.165) is 33.7 Å². The SMILES string of the molecule is CS(=O)CCNCc1ccc(-c2ccc3ncnc(Nc4ccc(OCc5cccc(F)c5)c(Cl)c4)c3c2)o1.O=C(O)C(=O)O. The molecule has 2 heterocycles. The fraction of sp³-hybridized carbons (Fsp3) is 0.161. The smallest absolute Gasteiger partial charge is 0.414 e. The first-order chi connectivity index (χ1) is 21.6. The highest BCUT2D eigenvalue weighted by Gasteiger charge is 2.11. The molecule has 4 N–H and O–H groups in total. The predicted molar refractivity (Wildman–Crippen MR) is 169 cm³/mol. The van der Waals surface area contributed by atoms with Gasteiger partial charge in [-0.25, -0.2) is 23.9 Å². The molecule has 5 rings (SSSR count). The monoisotopic (exact) mass is 654 g/mol. The van der Waals surface area contributed by atoms with Gasteiger partial charge in [0.2, 0.25) is 0 Å². The van der Waals surface area contributed by atoms with Gasteiger partial charge in [-0.1, -0.05) is 23.7 Å². The highest BCUT2D eigenvalue weighted by Crippen LogP contribution is 2.32. The van der Waals surface area contributed by atoms with Crippen LogP contribution in [0.2, 0.25) is 5.02 Å². The maximum absolute atomic E-state index is 13.4. The summed E-state index contributed by atoms with van der Waals surface area (Å²) < 4.78 is 36.5. The summed E-state index contributed by atoms with van der Waals surface area (Å²) in [6, 6.07) is 21.3. The summed E-state index contributed by atoms with van der Waals surface area (Å²) in [5.74, 6) is -0.725. The van der Waals surface area contributed by atoms with Crippen molar-refractivity contribution in [2.75, 3.05) is 23.9 Å². The Morgan fingerprint density at radius 1 is 1.02 bits per heavy atom. The number of rotatable bonds is 11. The van der Waals surface area contributed by atoms with Gasteiger partial charge in [-0.3, -0.25) is 4.21 Å². The molecule has 0 saturated heterocycles. The zero-order chi connectivity index (χ0) is 32.3. The Kier molecular flexibility index (Phi) is 11.6. The highest BCUT2D eigenvalue weighted by molar-refractivity contribution is 7.84. The number of nitrogens with zero attached hydrogens (tertiary/aromatic N) is 2. The maximum Gasteiger partial charge on any atom is 0.414 e. The Morgan fingerprint density at radius 3 is 2.53 bits per heavy atom. The molecular weight excluding hydrogens is 627 g/mol. The van der Waals surface area contributed by atoms with E-state index in [1.165, 1.54) is 18.5 Å². The minimum Gasteiger partial charge on any atom is -0.487 e. The fourth-order valence-corrected chi connectivity index (χ4v) is 4.65. The number of carbonyl (C=O) groups is 2. The summed E-state index contributed by atoms with van der Waals surface area (Å²) in [6.45, 7) is 1.42. The highest BCUT2D eigenvalue weighted by atomic mass is 35.5. The van der Waals surface area contributed by atoms with E-state index in [4.69, 9.17) is 40.6 Å². The molecule has 3 aromatic carbocycles. The number of benzene rings is 3. The molecule has 0 fully saturated rings. The van der Waals surface area contributed by atoms with Crippen LogP contribution in [-0.2, 0) is 33.5 Å². The van der Waals surface area contributed by atoms with Crippen molar-refractivity contribution in [2.45, 2.75) is 13.2 Å². The van der Waals surface area contributed by atoms with Crippen LogP contribution in [0, 0.1) is 5.82 Å². The van der Waals surface area contributed by atoms with Gasteiger partial charge in [0.25, 0.3) is 0 Å². The number of hydrogen-bond donors (Lipinski definition) is 4. The van der Waals surface area contributed by atoms with Gasteiger partial charge >= 0.3 is 11.9 Å². The summed E-state index contributed by atoms with van der Waals surface area (Å²) >= 11 is 6.48. The van der Waals surface area contributed by atoms with Gasteiger partial charge in [0.1, 0.15) is 41.8 Å². The summed E-state index contributed by atoms with van der Waals surface area (Å²) in [6.07, 6.45) is 3.19. The van der Waals surface area contributed by atoms with Gasteiger partial charge in [0.05, 0.1) is 17.1 Å². The van der Waals surface area contributed by atoms with E-state index >= 15 is 0 Å². The van der Waals surface area contributed by atoms with Crippen LogP contribution in [0.25, 0.3) is 22.2 Å². The maximum atomic E-state index is 13.4. The number of nitrogens with one attached hydrogen (secondary N) is 2. The Hall–Kier alpha value is -4.85. The number of aromatic nitrogens is 2. The lowest BCUT2D eigenvalue weighted by Crippen LogP contribution is -2.19. The Bertz CT molecular complexity index is 1820. The van der Waals surface area contributed by atoms with Crippen molar-refractivity contribution in [3.8, 4) is 17.1 Å². The first-order valence-corrected chi connectivity index (χ1v) is 15.4. The molecule has 234 valence electrons. The third-order valence-electron chi connectivity index (χ3n) is 6.11. The lowest BCUT2D eigenvalue weighted by molar-refractivity contribution is -0.159. The topological polar surface area (TPSA) is 164 Å². The number of halogens is 2. The van der Waals surface area contributed by atoms with Crippen LogP contribution in [0.1, 0.15) is 11.3 Å². The van der Waals surface area contributed by atoms with Crippen LogP contribution in [0.4, 0.5) is 15.9 Å². The standard InChI is InChI=1S/C29H26ClFN4O3S.C2H2O4/c1-39(36)12-11-32-16-23-7-10-27(38-23)20-5-8-26-24(14-20)29(34-18-33-26)35-22-6-9-28(25(30)15-22)37-17-19-3-2-4-21(31)13-19;3-1(4)2(5)6/h2-10,13-15,18,32H,11-12,16-17H2,1H3,(H,33,34,35);(H,3,4)(H,5,6). The minimum absolute atomic E-state index is 0.202. The number of fused-ring (bicyclic) bond motifs is 1. The minimum atomic E-state index is -1.82. The molecule has 5 aromatic rings. The first kappa shape index (κ1) is 33.1. The number of aliphatic carboxylic acids is 2. The van der Waals surface area contributed by atoms with Crippen LogP contribution >= 0.6 is 11.6 Å². The van der Waals surface area contributed by atoms with Gasteiger partial charge in [-0.2, -0.15) is 0 Å². The number of carboxylic acid groups (broad SMARTS) is 2. The van der Waals surface area contributed by atoms with Crippen molar-refractivity contribution in [1.82, 2.24) is 15.3 Å². The molecule has 0 aliphatic rings. The van der Waals surface area contributed by atoms with Gasteiger partial charge in [0.15, 0.2) is 0 Å². The average molecular weight is 655 g/mol. The summed E-state index contributed by atoms with van der Waals surface area (Å²) in [5, 5.41) is 22.6. The number of anilines is 2. The molecule has 45 heavy (non-hydrogen) atoms. The zero-order valence-corrected chi connectivity index (χ0v) is 25.4. The van der Waals surface area contributed by atoms with E-state index in [-0.39, 0.29) is 12.4 Å². The van der Waals surface area contributed by atoms with E-state index in [1.54, 1.807) is 30.5 Å². The quantitative estimate of drug-likeness (QED) is 0.103. The summed E-state index contributed by atoms with van der Waals surface area (Å²) in [5.41, 5.74) is 3.10. The molecule has 0 amide bonds. The molecule has 0 radical (unpaired) electrons. The molecule has 14 heteroatoms. The second-order valence-electron chi connectivity index (χ2n) is 9.47. The van der Waals surface area contributed by atoms with Crippen molar-refractivity contribution in [3.05, 3.63) is 101 Å². The molecule has 2 aromatic heterocycles. The van der Waals surface area contributed by atoms with E-state index in [1.807, 2.05) is 36.4 Å². The molecule has 0 bridgehead atoms. The predicted octanol–water partition coefficient (Wildman–Crippen LogP) is 5.63. The Morgan fingerprint density at radius 2 is 1.82 bits per heavy atom. The number of furan rings is 1. The molecule has 11 nitrogen and oxygen atoms in total. The number of hydrogen-bond acceptors (Lipinski definition) is 9. The number of ether oxygens (including phenoxy) is 1. The molecule has 0 aliphatic heterocycles. The van der Waals surface area contributed by atoms with Crippen LogP contribution in [0.15, 0.2) is 83.5 Å². The summed E-state index contributed by atoms with van der Waals surface area (Å²) in [4.78, 5) is 27.0. The van der Waals surface area contributed by atoms with Crippen molar-refractivity contribution in [2.24, 2.45) is 0 Å². The van der Waals surface area contributed by atoms with E-state index in [9.17, 15) is 8.60 Å². The van der Waals surface area contributed by atoms with Gasteiger partial charge < -0.3 is 30.0 Å². The largest absolute Gasteiger partial charge is 0.487 e. The van der Waals surface area contributed by atoms with Crippen LogP contribution in [0.3, 0.4) is 0 Å². The van der Waals surface area contributed by atoms with E-state index in [2.05, 4.69) is 20.6 Å². The van der Waals surface area contributed by atoms with Crippen LogP contribution in [-0.4, -0.2) is 54.9 Å². The van der Waals surface area contributed by atoms with Crippen molar-refractivity contribution in [3.63, 3.8) is 0 Å². The molecule has 1 unspecified atom stereocenters. The van der Waals surface area contributed by atoms with Gasteiger partial charge in [-0.05, 0) is 66.2 Å². The lowest BCUT2D eigenvalue weighted by Gasteiger charge is -2.12. The average Bonchev–Trinajstić information content (AvgIpc) is 3.48. The number of carboxylic acids is 2. The van der Waals surface area contributed by atoms with Gasteiger partial charge in [0, 0.05) is 46.0 Å². The molecule has 1 atom stereocenters. The normalized spacial score (nSPS) is 11.4. The lowest BCUT2D eigenvalue weighted by atomic mass is 10.1. The third-order valence-corrected chi connectivity index (χ3v) is 7.18. The van der Waals surface area contributed by atoms with Gasteiger partial charge in [-0.15, -0.1) is 0 Å². The second kappa shape index (κ2) is 15.7.